The number of nitrogens with zero attached hydrogens (tertiary/aromatic N) is 1. The van der Waals surface area contributed by atoms with Crippen molar-refractivity contribution in [2.24, 2.45) is 0 Å². The Labute approximate surface area is 99.5 Å². The van der Waals surface area contributed by atoms with Crippen LogP contribution in [0.3, 0.4) is 0 Å². The van der Waals surface area contributed by atoms with E-state index in [-0.39, 0.29) is 5.69 Å². The fraction of sp³-hybridized carbons (Fsp3) is 0.286. The Kier molecular flexibility index (Phi) is 2.52. The van der Waals surface area contributed by atoms with Crippen LogP contribution in [0.25, 0.3) is 11.3 Å². The maximum atomic E-state index is 11.1. The molecule has 1 aliphatic carbocycles. The molecule has 17 heavy (non-hydrogen) atoms. The van der Waals surface area contributed by atoms with Gasteiger partial charge in [0.15, 0.2) is 0 Å². The van der Waals surface area contributed by atoms with Crippen molar-refractivity contribution in [1.29, 1.82) is 0 Å². The highest BCUT2D eigenvalue weighted by atomic mass is 16.1. The summed E-state index contributed by atoms with van der Waals surface area (Å²) in [6, 6.07) is 10.3. The summed E-state index contributed by atoms with van der Waals surface area (Å²) in [4.78, 5) is 17.5. The highest BCUT2D eigenvalue weighted by Gasteiger charge is 2.18. The number of aromatic nitrogens is 2. The summed E-state index contributed by atoms with van der Waals surface area (Å²) in [7, 11) is 0. The van der Waals surface area contributed by atoms with Crippen LogP contribution in [0.2, 0.25) is 0 Å². The number of nitrogens with one attached hydrogen (secondary N) is 1. The van der Waals surface area contributed by atoms with Crippen molar-refractivity contribution < 1.29 is 0 Å². The number of benzene rings is 1. The van der Waals surface area contributed by atoms with E-state index in [0.717, 1.165) is 17.2 Å². The van der Waals surface area contributed by atoms with Gasteiger partial charge in [0, 0.05) is 6.20 Å². The Balaban J connectivity index is 1.91. The zero-order valence-electron chi connectivity index (χ0n) is 9.52. The van der Waals surface area contributed by atoms with Crippen LogP contribution in [0, 0.1) is 0 Å². The minimum absolute atomic E-state index is 0.300. The van der Waals surface area contributed by atoms with Gasteiger partial charge in [-0.25, -0.2) is 9.78 Å². The smallest absolute Gasteiger partial charge is 0.305 e. The minimum Gasteiger partial charge on any atom is -0.305 e. The Morgan fingerprint density at radius 2 is 1.88 bits per heavy atom. The van der Waals surface area contributed by atoms with Gasteiger partial charge in [0.2, 0.25) is 0 Å². The van der Waals surface area contributed by atoms with Crippen LogP contribution >= 0.6 is 0 Å². The first-order valence-electron chi connectivity index (χ1n) is 5.98. The zero-order chi connectivity index (χ0) is 11.7. The first-order chi connectivity index (χ1) is 8.33. The molecule has 1 N–H and O–H groups in total. The summed E-state index contributed by atoms with van der Waals surface area (Å²) in [5.41, 5.74) is 2.97. The van der Waals surface area contributed by atoms with E-state index < -0.39 is 0 Å². The van der Waals surface area contributed by atoms with Crippen molar-refractivity contribution in [2.45, 2.75) is 25.2 Å². The molecule has 1 aromatic heterocycles. The standard InChI is InChI=1S/C14H14N2O/c17-14-15-9-8-13(16-14)12-6-4-11(5-7-12)10-2-1-3-10/h4-10H,1-3H2,(H,15,16,17). The molecule has 86 valence electrons. The van der Waals surface area contributed by atoms with Crippen molar-refractivity contribution in [2.75, 3.05) is 0 Å². The quantitative estimate of drug-likeness (QED) is 0.855. The summed E-state index contributed by atoms with van der Waals surface area (Å²) in [6.07, 6.45) is 5.51. The van der Waals surface area contributed by atoms with Crippen LogP contribution in [-0.2, 0) is 0 Å². The molecule has 0 saturated heterocycles. The van der Waals surface area contributed by atoms with E-state index in [9.17, 15) is 4.79 Å². The van der Waals surface area contributed by atoms with Crippen LogP contribution in [0.4, 0.5) is 0 Å². The van der Waals surface area contributed by atoms with Crippen molar-refractivity contribution >= 4 is 0 Å². The van der Waals surface area contributed by atoms with Gasteiger partial charge in [-0.05, 0) is 36.0 Å². The molecule has 1 aromatic carbocycles. The molecule has 0 amide bonds. The second kappa shape index (κ2) is 4.17. The average Bonchev–Trinajstić information content (AvgIpc) is 2.28. The summed E-state index contributed by atoms with van der Waals surface area (Å²) >= 11 is 0. The molecule has 0 atom stereocenters. The van der Waals surface area contributed by atoms with Gasteiger partial charge < -0.3 is 4.98 Å². The lowest BCUT2D eigenvalue weighted by Crippen LogP contribution is -2.10. The Hall–Kier alpha value is -1.90. The van der Waals surface area contributed by atoms with Crippen molar-refractivity contribution in [3.05, 3.63) is 52.6 Å². The lowest BCUT2D eigenvalue weighted by molar-refractivity contribution is 0.420. The second-order valence-corrected chi connectivity index (χ2v) is 4.54. The van der Waals surface area contributed by atoms with Crippen molar-refractivity contribution in [3.8, 4) is 11.3 Å². The van der Waals surface area contributed by atoms with E-state index in [4.69, 9.17) is 0 Å². The molecular formula is C14H14N2O. The van der Waals surface area contributed by atoms with Crippen LogP contribution in [0.5, 0.6) is 0 Å². The SMILES string of the molecule is O=c1nccc(-c2ccc(C3CCC3)cc2)[nH]1. The van der Waals surface area contributed by atoms with E-state index in [1.54, 1.807) is 0 Å². The van der Waals surface area contributed by atoms with Gasteiger partial charge in [-0.15, -0.1) is 0 Å². The zero-order valence-corrected chi connectivity index (χ0v) is 9.52. The molecule has 3 nitrogen and oxygen atoms in total. The molecule has 0 radical (unpaired) electrons. The van der Waals surface area contributed by atoms with Gasteiger partial charge in [-0.1, -0.05) is 30.7 Å². The molecule has 1 fully saturated rings. The monoisotopic (exact) mass is 226 g/mol. The number of H-pyrrole nitrogens is 1. The number of hydrogen-bond donors (Lipinski definition) is 1. The van der Waals surface area contributed by atoms with E-state index in [1.165, 1.54) is 31.0 Å². The summed E-state index contributed by atoms with van der Waals surface area (Å²) < 4.78 is 0. The summed E-state index contributed by atoms with van der Waals surface area (Å²) in [5.74, 6) is 0.750. The van der Waals surface area contributed by atoms with E-state index in [1.807, 2.05) is 6.07 Å². The molecule has 3 rings (SSSR count). The maximum absolute atomic E-state index is 11.1. The molecular weight excluding hydrogens is 212 g/mol. The molecule has 1 aliphatic rings. The third kappa shape index (κ3) is 2.00. The molecule has 0 unspecified atom stereocenters. The molecule has 1 heterocycles. The predicted molar refractivity (Wildman–Crippen MR) is 66.9 cm³/mol. The highest BCUT2D eigenvalue weighted by molar-refractivity contribution is 5.58. The lowest BCUT2D eigenvalue weighted by atomic mass is 9.80. The van der Waals surface area contributed by atoms with Gasteiger partial charge >= 0.3 is 5.69 Å². The van der Waals surface area contributed by atoms with Gasteiger partial charge in [0.25, 0.3) is 0 Å². The van der Waals surface area contributed by atoms with Gasteiger partial charge in [-0.2, -0.15) is 0 Å². The largest absolute Gasteiger partial charge is 0.345 e. The van der Waals surface area contributed by atoms with Gasteiger partial charge in [0.1, 0.15) is 0 Å². The third-order valence-electron chi connectivity index (χ3n) is 3.47. The van der Waals surface area contributed by atoms with E-state index in [2.05, 4.69) is 34.2 Å². The lowest BCUT2D eigenvalue weighted by Gasteiger charge is -2.25. The summed E-state index contributed by atoms with van der Waals surface area (Å²) in [5, 5.41) is 0. The average molecular weight is 226 g/mol. The normalized spacial score (nSPS) is 15.5. The Morgan fingerprint density at radius 3 is 2.47 bits per heavy atom. The highest BCUT2D eigenvalue weighted by Crippen LogP contribution is 2.36. The molecule has 1 saturated carbocycles. The fourth-order valence-corrected chi connectivity index (χ4v) is 2.21. The molecule has 3 heteroatoms. The van der Waals surface area contributed by atoms with Crippen LogP contribution in [0.15, 0.2) is 41.3 Å². The Morgan fingerprint density at radius 1 is 1.12 bits per heavy atom. The first-order valence-corrected chi connectivity index (χ1v) is 5.98. The minimum atomic E-state index is -0.300. The van der Waals surface area contributed by atoms with Crippen molar-refractivity contribution in [3.63, 3.8) is 0 Å². The van der Waals surface area contributed by atoms with Crippen molar-refractivity contribution in [1.82, 2.24) is 9.97 Å². The van der Waals surface area contributed by atoms with Crippen LogP contribution in [0.1, 0.15) is 30.7 Å². The molecule has 2 aromatic rings. The first kappa shape index (κ1) is 10.3. The molecule has 0 aliphatic heterocycles. The predicted octanol–water partition coefficient (Wildman–Crippen LogP) is 2.70. The maximum Gasteiger partial charge on any atom is 0.345 e. The summed E-state index contributed by atoms with van der Waals surface area (Å²) in [6.45, 7) is 0. The van der Waals surface area contributed by atoms with Crippen LogP contribution < -0.4 is 5.69 Å². The Bertz CT molecular complexity index is 567. The van der Waals surface area contributed by atoms with E-state index >= 15 is 0 Å². The number of aromatic amines is 1. The van der Waals surface area contributed by atoms with Gasteiger partial charge in [-0.3, -0.25) is 0 Å². The topological polar surface area (TPSA) is 45.8 Å². The molecule has 0 spiro atoms. The third-order valence-corrected chi connectivity index (χ3v) is 3.47. The molecule has 0 bridgehead atoms. The number of rotatable bonds is 2. The number of hydrogen-bond acceptors (Lipinski definition) is 2. The van der Waals surface area contributed by atoms with E-state index in [0.29, 0.717) is 0 Å². The van der Waals surface area contributed by atoms with Crippen LogP contribution in [-0.4, -0.2) is 9.97 Å². The fourth-order valence-electron chi connectivity index (χ4n) is 2.21. The second-order valence-electron chi connectivity index (χ2n) is 4.54. The van der Waals surface area contributed by atoms with Gasteiger partial charge in [0.05, 0.1) is 5.69 Å².